The maximum Gasteiger partial charge on any atom is 0.191 e. The first kappa shape index (κ1) is 19.7. The summed E-state index contributed by atoms with van der Waals surface area (Å²) < 4.78 is 5.39. The molecule has 2 N–H and O–H groups in total. The van der Waals surface area contributed by atoms with E-state index >= 15 is 0 Å². The molecule has 0 unspecified atom stereocenters. The van der Waals surface area contributed by atoms with Gasteiger partial charge in [0.2, 0.25) is 0 Å². The van der Waals surface area contributed by atoms with Crippen LogP contribution in [0, 0.1) is 0 Å². The third-order valence-corrected chi connectivity index (χ3v) is 4.26. The van der Waals surface area contributed by atoms with Gasteiger partial charge in [-0.15, -0.1) is 0 Å². The first-order valence-corrected chi connectivity index (χ1v) is 9.60. The third kappa shape index (κ3) is 8.84. The van der Waals surface area contributed by atoms with E-state index in [0.717, 1.165) is 50.9 Å². The Kier molecular flexibility index (Phi) is 9.96. The number of aromatic nitrogens is 1. The van der Waals surface area contributed by atoms with Gasteiger partial charge in [-0.3, -0.25) is 4.98 Å². The van der Waals surface area contributed by atoms with Gasteiger partial charge in [0.05, 0.1) is 12.2 Å². The van der Waals surface area contributed by atoms with Gasteiger partial charge in [0.25, 0.3) is 0 Å². The van der Waals surface area contributed by atoms with Crippen LogP contribution in [0.2, 0.25) is 0 Å². The van der Waals surface area contributed by atoms with Gasteiger partial charge in [0, 0.05) is 39.0 Å². The molecule has 1 aliphatic rings. The molecule has 0 amide bonds. The third-order valence-electron chi connectivity index (χ3n) is 4.26. The molecule has 0 bridgehead atoms. The van der Waals surface area contributed by atoms with Crippen molar-refractivity contribution >= 4 is 5.96 Å². The molecule has 0 aliphatic carbocycles. The molecular weight excluding hydrogens is 314 g/mol. The maximum absolute atomic E-state index is 5.39. The van der Waals surface area contributed by atoms with E-state index in [2.05, 4.69) is 25.5 Å². The van der Waals surface area contributed by atoms with Crippen LogP contribution in [0.5, 0.6) is 0 Å². The van der Waals surface area contributed by atoms with Gasteiger partial charge in [-0.2, -0.15) is 0 Å². The van der Waals surface area contributed by atoms with Gasteiger partial charge < -0.3 is 20.3 Å². The van der Waals surface area contributed by atoms with Crippen molar-refractivity contribution < 1.29 is 4.74 Å². The summed E-state index contributed by atoms with van der Waals surface area (Å²) in [5.41, 5.74) is 0.981. The highest BCUT2D eigenvalue weighted by Gasteiger charge is 2.09. The zero-order chi connectivity index (χ0) is 17.6. The number of hydrogen-bond donors (Lipinski definition) is 2. The maximum atomic E-state index is 5.39. The number of likely N-dealkylation sites (tertiary alicyclic amines) is 1. The molecule has 0 radical (unpaired) electrons. The molecule has 0 saturated carbocycles. The van der Waals surface area contributed by atoms with Crippen LogP contribution in [-0.4, -0.2) is 61.8 Å². The summed E-state index contributed by atoms with van der Waals surface area (Å²) >= 11 is 0. The summed E-state index contributed by atoms with van der Waals surface area (Å²) in [5.74, 6) is 0.860. The van der Waals surface area contributed by atoms with E-state index < -0.39 is 0 Å². The lowest BCUT2D eigenvalue weighted by atomic mass is 10.1. The van der Waals surface area contributed by atoms with Crippen LogP contribution in [0.4, 0.5) is 0 Å². The molecule has 0 spiro atoms. The fraction of sp³-hybridized carbons (Fsp3) is 0.684. The highest BCUT2D eigenvalue weighted by atomic mass is 16.5. The predicted molar refractivity (Wildman–Crippen MR) is 103 cm³/mol. The molecule has 0 atom stereocenters. The fourth-order valence-electron chi connectivity index (χ4n) is 2.87. The lowest BCUT2D eigenvalue weighted by molar-refractivity contribution is 0.145. The average Bonchev–Trinajstić information content (AvgIpc) is 2.67. The van der Waals surface area contributed by atoms with Gasteiger partial charge in [-0.1, -0.05) is 12.5 Å². The minimum atomic E-state index is 0.589. The standard InChI is InChI=1S/C19H33N5O/c1-2-25-16-8-11-21-19(23-17-18-9-4-5-10-20-18)22-12-15-24-13-6-3-7-14-24/h4-5,9-10H,2-3,6-8,11-17H2,1H3,(H2,21,22,23). The molecule has 2 rings (SSSR count). The van der Waals surface area contributed by atoms with Crippen LogP contribution in [0.3, 0.4) is 0 Å². The summed E-state index contributed by atoms with van der Waals surface area (Å²) in [6, 6.07) is 5.93. The van der Waals surface area contributed by atoms with Crippen LogP contribution in [0.25, 0.3) is 0 Å². The Balaban J connectivity index is 1.75. The molecular formula is C19H33N5O. The van der Waals surface area contributed by atoms with E-state index in [1.807, 2.05) is 31.3 Å². The fourth-order valence-corrected chi connectivity index (χ4v) is 2.87. The first-order chi connectivity index (χ1) is 12.4. The van der Waals surface area contributed by atoms with Crippen LogP contribution in [0.15, 0.2) is 29.4 Å². The Morgan fingerprint density at radius 2 is 2.04 bits per heavy atom. The minimum Gasteiger partial charge on any atom is -0.382 e. The quantitative estimate of drug-likeness (QED) is 0.385. The van der Waals surface area contributed by atoms with Gasteiger partial charge in [-0.05, 0) is 51.4 Å². The van der Waals surface area contributed by atoms with E-state index in [1.54, 1.807) is 0 Å². The molecule has 25 heavy (non-hydrogen) atoms. The molecule has 1 fully saturated rings. The van der Waals surface area contributed by atoms with E-state index in [9.17, 15) is 0 Å². The lowest BCUT2D eigenvalue weighted by Crippen LogP contribution is -2.43. The Morgan fingerprint density at radius 1 is 1.20 bits per heavy atom. The second-order valence-corrected chi connectivity index (χ2v) is 6.29. The van der Waals surface area contributed by atoms with E-state index in [0.29, 0.717) is 6.54 Å². The average molecular weight is 348 g/mol. The summed E-state index contributed by atoms with van der Waals surface area (Å²) in [5, 5.41) is 6.86. The molecule has 1 saturated heterocycles. The Bertz CT molecular complexity index is 474. The molecule has 2 heterocycles. The van der Waals surface area contributed by atoms with Crippen molar-refractivity contribution in [3.05, 3.63) is 30.1 Å². The molecule has 1 aromatic rings. The van der Waals surface area contributed by atoms with Crippen LogP contribution < -0.4 is 10.6 Å². The van der Waals surface area contributed by atoms with Gasteiger partial charge >= 0.3 is 0 Å². The van der Waals surface area contributed by atoms with Crippen molar-refractivity contribution in [2.45, 2.75) is 39.2 Å². The minimum absolute atomic E-state index is 0.589. The highest BCUT2D eigenvalue weighted by molar-refractivity contribution is 5.79. The van der Waals surface area contributed by atoms with Crippen LogP contribution in [-0.2, 0) is 11.3 Å². The molecule has 1 aliphatic heterocycles. The summed E-state index contributed by atoms with van der Waals surface area (Å²) in [6.07, 6.45) is 6.82. The molecule has 6 heteroatoms. The van der Waals surface area contributed by atoms with Gasteiger partial charge in [-0.25, -0.2) is 4.99 Å². The summed E-state index contributed by atoms with van der Waals surface area (Å²) in [7, 11) is 0. The monoisotopic (exact) mass is 347 g/mol. The van der Waals surface area contributed by atoms with Crippen LogP contribution >= 0.6 is 0 Å². The van der Waals surface area contributed by atoms with Gasteiger partial charge in [0.1, 0.15) is 0 Å². The van der Waals surface area contributed by atoms with Crippen LogP contribution in [0.1, 0.15) is 38.3 Å². The number of nitrogens with zero attached hydrogens (tertiary/aromatic N) is 3. The highest BCUT2D eigenvalue weighted by Crippen LogP contribution is 2.07. The zero-order valence-corrected chi connectivity index (χ0v) is 15.5. The smallest absolute Gasteiger partial charge is 0.191 e. The van der Waals surface area contributed by atoms with Gasteiger partial charge in [0.15, 0.2) is 5.96 Å². The number of hydrogen-bond acceptors (Lipinski definition) is 4. The number of aliphatic imine (C=N–C) groups is 1. The molecule has 6 nitrogen and oxygen atoms in total. The van der Waals surface area contributed by atoms with Crippen molar-refractivity contribution in [3.63, 3.8) is 0 Å². The molecule has 0 aromatic carbocycles. The topological polar surface area (TPSA) is 61.8 Å². The number of ether oxygens (including phenoxy) is 1. The van der Waals surface area contributed by atoms with E-state index in [-0.39, 0.29) is 0 Å². The van der Waals surface area contributed by atoms with Crippen molar-refractivity contribution in [2.75, 3.05) is 45.9 Å². The van der Waals surface area contributed by atoms with Crippen molar-refractivity contribution in [1.82, 2.24) is 20.5 Å². The second kappa shape index (κ2) is 12.7. The number of rotatable bonds is 10. The van der Waals surface area contributed by atoms with E-state index in [1.165, 1.54) is 32.4 Å². The molecule has 1 aromatic heterocycles. The number of pyridine rings is 1. The number of piperidine rings is 1. The van der Waals surface area contributed by atoms with E-state index in [4.69, 9.17) is 4.74 Å². The Morgan fingerprint density at radius 3 is 2.80 bits per heavy atom. The van der Waals surface area contributed by atoms with Crippen molar-refractivity contribution in [3.8, 4) is 0 Å². The van der Waals surface area contributed by atoms with Crippen molar-refractivity contribution in [1.29, 1.82) is 0 Å². The second-order valence-electron chi connectivity index (χ2n) is 6.29. The number of nitrogens with one attached hydrogen (secondary N) is 2. The SMILES string of the molecule is CCOCCCNC(=NCc1ccccn1)NCCN1CCCCC1. The lowest BCUT2D eigenvalue weighted by Gasteiger charge is -2.26. The summed E-state index contributed by atoms with van der Waals surface area (Å²) in [6.45, 7) is 9.47. The normalized spacial score (nSPS) is 16.0. The van der Waals surface area contributed by atoms with Crippen molar-refractivity contribution in [2.24, 2.45) is 4.99 Å². The first-order valence-electron chi connectivity index (χ1n) is 9.60. The zero-order valence-electron chi connectivity index (χ0n) is 15.5. The Hall–Kier alpha value is -1.66. The number of guanidine groups is 1. The summed E-state index contributed by atoms with van der Waals surface area (Å²) in [4.78, 5) is 11.5. The largest absolute Gasteiger partial charge is 0.382 e. The Labute approximate surface area is 152 Å². The predicted octanol–water partition coefficient (Wildman–Crippen LogP) is 2.03. The molecule has 140 valence electrons.